The van der Waals surface area contributed by atoms with Gasteiger partial charge in [-0.05, 0) is 207 Å². The van der Waals surface area contributed by atoms with E-state index >= 15 is 0 Å². The summed E-state index contributed by atoms with van der Waals surface area (Å²) in [5, 5.41) is 17.6. The van der Waals surface area contributed by atoms with Crippen LogP contribution in [0.15, 0.2) is 194 Å². The molecule has 0 amide bonds. The predicted molar refractivity (Wildman–Crippen MR) is 285 cm³/mol. The largest absolute Gasteiger partial charge is 0.0610 e. The monoisotopic (exact) mass is 848 g/mol. The van der Waals surface area contributed by atoms with Gasteiger partial charge in [-0.1, -0.05) is 144 Å². The molecule has 0 unspecified atom stereocenters. The van der Waals surface area contributed by atoms with E-state index < -0.39 is 0 Å². The average Bonchev–Trinajstić information content (AvgIpc) is 3.37. The second kappa shape index (κ2) is 16.0. The third-order valence-corrected chi connectivity index (χ3v) is 13.1. The van der Waals surface area contributed by atoms with Crippen LogP contribution < -0.4 is 0 Å². The maximum atomic E-state index is 3.57. The van der Waals surface area contributed by atoms with Gasteiger partial charge >= 0.3 is 0 Å². The van der Waals surface area contributed by atoms with E-state index in [1.807, 2.05) is 0 Å². The highest BCUT2D eigenvalue weighted by Gasteiger charge is 2.10. The maximum Gasteiger partial charge on any atom is 0.0334 e. The van der Waals surface area contributed by atoms with Crippen LogP contribution in [-0.4, -0.2) is 0 Å². The Balaban J connectivity index is 1.03. The quantitative estimate of drug-likeness (QED) is 0.105. The first-order chi connectivity index (χ1) is 33.7. The van der Waals surface area contributed by atoms with Crippen molar-refractivity contribution in [2.24, 2.45) is 0 Å². The Labute approximate surface area is 393 Å². The van der Waals surface area contributed by atoms with Crippen LogP contribution in [0.25, 0.3) is 86.2 Å². The van der Waals surface area contributed by atoms with E-state index in [1.54, 1.807) is 0 Å². The molecule has 68 heavy (non-hydrogen) atoms. The Kier molecular flexibility index (Phi) is 9.04. The van der Waals surface area contributed by atoms with Crippen molar-refractivity contribution in [1.29, 1.82) is 0 Å². The zero-order chi connectivity index (χ0) is 45.0. The van der Waals surface area contributed by atoms with Gasteiger partial charge in [-0.2, -0.15) is 0 Å². The summed E-state index contributed by atoms with van der Waals surface area (Å²) in [5.74, 6) is 40.7. The first-order valence-electron chi connectivity index (χ1n) is 22.6. The predicted octanol–water partition coefficient (Wildman–Crippen LogP) is 14.8. The SMILES string of the molecule is C1#Cc2cccc3cc4cccc(c4cc23)C#Cc2cccc3cc4cccc(c4cc23)C#CC#Cc2cccc3cc4cccc(c4cc23)C#Cc2cccc3cc4cccc(c4cc23)C#C1. The van der Waals surface area contributed by atoms with Crippen LogP contribution in [0.5, 0.6) is 0 Å². The fourth-order valence-corrected chi connectivity index (χ4v) is 9.74. The molecule has 0 saturated heterocycles. The molecular weight excluding hydrogens is 817 g/mol. The van der Waals surface area contributed by atoms with Crippen molar-refractivity contribution in [3.05, 3.63) is 239 Å². The van der Waals surface area contributed by atoms with E-state index in [0.717, 1.165) is 131 Å². The Morgan fingerprint density at radius 3 is 0.500 bits per heavy atom. The van der Waals surface area contributed by atoms with Gasteiger partial charge in [-0.3, -0.25) is 0 Å². The molecule has 8 bridgehead atoms. The molecule has 0 fully saturated rings. The summed E-state index contributed by atoms with van der Waals surface area (Å²) >= 11 is 0. The molecule has 0 heterocycles. The van der Waals surface area contributed by atoms with Crippen LogP contribution in [0.2, 0.25) is 0 Å². The van der Waals surface area contributed by atoms with Gasteiger partial charge in [0.2, 0.25) is 0 Å². The summed E-state index contributed by atoms with van der Waals surface area (Å²) in [6.07, 6.45) is 0. The van der Waals surface area contributed by atoms with Crippen LogP contribution in [0, 0.1) is 71.0 Å². The Morgan fingerprint density at radius 2 is 0.324 bits per heavy atom. The second-order valence-electron chi connectivity index (χ2n) is 17.1. The normalized spacial score (nSPS) is 11.5. The topological polar surface area (TPSA) is 0 Å². The van der Waals surface area contributed by atoms with Gasteiger partial charge in [0, 0.05) is 44.5 Å². The summed E-state index contributed by atoms with van der Waals surface area (Å²) in [7, 11) is 0. The van der Waals surface area contributed by atoms with Crippen molar-refractivity contribution in [2.45, 2.75) is 0 Å². The van der Waals surface area contributed by atoms with Gasteiger partial charge in [-0.25, -0.2) is 0 Å². The summed E-state index contributed by atoms with van der Waals surface area (Å²) in [6.45, 7) is 0. The average molecular weight is 849 g/mol. The summed E-state index contributed by atoms with van der Waals surface area (Å²) in [6, 6.07) is 68.3. The van der Waals surface area contributed by atoms with Gasteiger partial charge < -0.3 is 0 Å². The molecule has 0 nitrogen and oxygen atoms in total. The van der Waals surface area contributed by atoms with Gasteiger partial charge in [0.25, 0.3) is 0 Å². The molecule has 0 spiro atoms. The summed E-state index contributed by atoms with van der Waals surface area (Å²) in [4.78, 5) is 0. The van der Waals surface area contributed by atoms with Crippen molar-refractivity contribution >= 4 is 86.2 Å². The molecule has 304 valence electrons. The van der Waals surface area contributed by atoms with Gasteiger partial charge in [0.15, 0.2) is 0 Å². The molecule has 12 aromatic carbocycles. The van der Waals surface area contributed by atoms with E-state index in [9.17, 15) is 0 Å². The number of benzene rings is 12. The molecule has 0 N–H and O–H groups in total. The first kappa shape index (κ1) is 38.5. The van der Waals surface area contributed by atoms with Crippen molar-refractivity contribution in [3.8, 4) is 71.0 Å². The molecule has 0 aromatic heterocycles. The van der Waals surface area contributed by atoms with Crippen LogP contribution in [-0.2, 0) is 0 Å². The first-order valence-corrected chi connectivity index (χ1v) is 22.6. The van der Waals surface area contributed by atoms with Gasteiger partial charge in [0.05, 0.1) is 0 Å². The zero-order valence-corrected chi connectivity index (χ0v) is 36.5. The molecule has 1 aliphatic rings. The second-order valence-corrected chi connectivity index (χ2v) is 17.1. The lowest BCUT2D eigenvalue weighted by atomic mass is 9.95. The Bertz CT molecular complexity index is 4050. The van der Waals surface area contributed by atoms with E-state index in [-0.39, 0.29) is 0 Å². The molecule has 0 heteroatoms. The van der Waals surface area contributed by atoms with Gasteiger partial charge in [0.1, 0.15) is 0 Å². The summed E-state index contributed by atoms with van der Waals surface area (Å²) < 4.78 is 0. The number of hydrogen-bond acceptors (Lipinski definition) is 0. The lowest BCUT2D eigenvalue weighted by molar-refractivity contribution is 1.68. The van der Waals surface area contributed by atoms with E-state index in [2.05, 4.69) is 265 Å². The van der Waals surface area contributed by atoms with Crippen molar-refractivity contribution in [1.82, 2.24) is 0 Å². The fourth-order valence-electron chi connectivity index (χ4n) is 9.74. The van der Waals surface area contributed by atoms with Crippen molar-refractivity contribution < 1.29 is 0 Å². The third-order valence-electron chi connectivity index (χ3n) is 13.1. The maximum absolute atomic E-state index is 3.57. The third kappa shape index (κ3) is 6.81. The Morgan fingerprint density at radius 1 is 0.162 bits per heavy atom. The summed E-state index contributed by atoms with van der Waals surface area (Å²) in [5.41, 5.74) is 7.51. The standard InChI is InChI=1S/C68H32/c1-2-14-46-18-6-26-54-38-58-30-10-22-50(66(58)42-62(46)54)35-36-52-24-12-32-60-40-56-28-8-20-48(64(56)44-68(52)60)16-4-3-15-47-19-7-27-55-39-59-31-11-23-51(67(59)43-63(47)55)34-33-49-21-9-29-57-37-53-25-5-17-45(13-1)61(53)41-65(49)57/h5-12,17-32,37-44H. The van der Waals surface area contributed by atoms with Crippen LogP contribution in [0.3, 0.4) is 0 Å². The molecule has 13 rings (SSSR count). The smallest absolute Gasteiger partial charge is 0.0334 e. The highest BCUT2D eigenvalue weighted by molar-refractivity contribution is 6.07. The van der Waals surface area contributed by atoms with E-state index in [1.165, 1.54) is 0 Å². The minimum absolute atomic E-state index is 0.921. The molecule has 12 aromatic rings. The number of hydrogen-bond donors (Lipinski definition) is 0. The highest BCUT2D eigenvalue weighted by atomic mass is 14.1. The minimum Gasteiger partial charge on any atom is -0.0610 e. The van der Waals surface area contributed by atoms with Crippen LogP contribution >= 0.6 is 0 Å². The van der Waals surface area contributed by atoms with Crippen LogP contribution in [0.4, 0.5) is 0 Å². The van der Waals surface area contributed by atoms with E-state index in [4.69, 9.17) is 0 Å². The molecule has 0 saturated carbocycles. The lowest BCUT2D eigenvalue weighted by Gasteiger charge is -2.07. The van der Waals surface area contributed by atoms with Crippen molar-refractivity contribution in [2.75, 3.05) is 0 Å². The van der Waals surface area contributed by atoms with Crippen LogP contribution in [0.1, 0.15) is 44.5 Å². The minimum atomic E-state index is 0.921. The molecule has 0 atom stereocenters. The highest BCUT2D eigenvalue weighted by Crippen LogP contribution is 2.32. The number of rotatable bonds is 0. The van der Waals surface area contributed by atoms with Gasteiger partial charge in [-0.15, -0.1) is 0 Å². The molecule has 0 radical (unpaired) electrons. The van der Waals surface area contributed by atoms with Crippen molar-refractivity contribution in [3.63, 3.8) is 0 Å². The zero-order valence-electron chi connectivity index (χ0n) is 36.5. The van der Waals surface area contributed by atoms with E-state index in [0.29, 0.717) is 0 Å². The fraction of sp³-hybridized carbons (Fsp3) is 0. The Hall–Kier alpha value is -9.92. The lowest BCUT2D eigenvalue weighted by Crippen LogP contribution is -1.86. The molecular formula is C68H32. The molecule has 0 aliphatic heterocycles. The molecule has 1 aliphatic carbocycles.